The molecule has 2 aromatic carbocycles. The van der Waals surface area contributed by atoms with Crippen molar-refractivity contribution in [3.8, 4) is 0 Å². The smallest absolute Gasteiger partial charge is 0.264 e. The van der Waals surface area contributed by atoms with Crippen LogP contribution in [0.25, 0.3) is 0 Å². The molecule has 4 nitrogen and oxygen atoms in total. The van der Waals surface area contributed by atoms with Gasteiger partial charge in [0.25, 0.3) is 7.37 Å². The lowest BCUT2D eigenvalue weighted by atomic mass is 9.98. The molecule has 0 amide bonds. The summed E-state index contributed by atoms with van der Waals surface area (Å²) in [7, 11) is 0.452. The molecular formula is C22H30NO3P. The summed E-state index contributed by atoms with van der Waals surface area (Å²) in [5.41, 5.74) is 2.76. The van der Waals surface area contributed by atoms with Gasteiger partial charge in [0.05, 0.1) is 6.10 Å². The van der Waals surface area contributed by atoms with Crippen LogP contribution in [-0.2, 0) is 9.09 Å². The molecule has 0 bridgehead atoms. The molecule has 0 spiro atoms. The Hall–Kier alpha value is -1.61. The van der Waals surface area contributed by atoms with Crippen LogP contribution in [0, 0.1) is 6.92 Å². The van der Waals surface area contributed by atoms with Crippen molar-refractivity contribution in [2.75, 3.05) is 19.0 Å². The lowest BCUT2D eigenvalue weighted by molar-refractivity contribution is 0.137. The summed E-state index contributed by atoms with van der Waals surface area (Å²) in [6.07, 6.45) is 5.12. The largest absolute Gasteiger partial charge is 0.378 e. The summed E-state index contributed by atoms with van der Waals surface area (Å²) < 4.78 is 20.3. The number of nitrogens with zero attached hydrogens (tertiary/aromatic N) is 1. The molecule has 0 radical (unpaired) electrons. The minimum atomic E-state index is -3.48. The van der Waals surface area contributed by atoms with Gasteiger partial charge in [0.15, 0.2) is 5.85 Å². The Morgan fingerprint density at radius 2 is 1.59 bits per heavy atom. The monoisotopic (exact) mass is 387 g/mol. The lowest BCUT2D eigenvalue weighted by Gasteiger charge is -2.31. The standard InChI is InChI=1S/C22H30NO3P/c1-17-9-11-18(12-10-17)22(24)27(25,26-20-7-5-4-6-8-20)21-15-13-19(14-16-21)23(2)3/h9-16,20,22,24H,4-8H2,1-3H3/t22-,27-/m0/s1. The molecular weight excluding hydrogens is 357 g/mol. The van der Waals surface area contributed by atoms with Crippen molar-refractivity contribution in [2.45, 2.75) is 51.0 Å². The highest BCUT2D eigenvalue weighted by Gasteiger charge is 2.39. The van der Waals surface area contributed by atoms with Gasteiger partial charge in [-0.3, -0.25) is 4.57 Å². The van der Waals surface area contributed by atoms with Gasteiger partial charge in [-0.1, -0.05) is 49.1 Å². The quantitative estimate of drug-likeness (QED) is 0.709. The third-order valence-corrected chi connectivity index (χ3v) is 7.85. The Bertz CT molecular complexity index is 780. The fourth-order valence-electron chi connectivity index (χ4n) is 3.55. The summed E-state index contributed by atoms with van der Waals surface area (Å²) in [5, 5.41) is 11.7. The first-order valence-corrected chi connectivity index (χ1v) is 11.4. The van der Waals surface area contributed by atoms with Crippen LogP contribution in [-0.4, -0.2) is 25.3 Å². The molecule has 5 heteroatoms. The highest BCUT2D eigenvalue weighted by Crippen LogP contribution is 2.59. The Labute approximate surface area is 162 Å². The summed E-state index contributed by atoms with van der Waals surface area (Å²) in [6, 6.07) is 15.0. The number of aliphatic hydroxyl groups excluding tert-OH is 1. The van der Waals surface area contributed by atoms with Crippen molar-refractivity contribution in [1.29, 1.82) is 0 Å². The van der Waals surface area contributed by atoms with Crippen LogP contribution < -0.4 is 10.2 Å². The maximum absolute atomic E-state index is 14.1. The third-order valence-electron chi connectivity index (χ3n) is 5.28. The van der Waals surface area contributed by atoms with Gasteiger partial charge in [-0.05, 0) is 49.6 Å². The Morgan fingerprint density at radius 1 is 1.00 bits per heavy atom. The van der Waals surface area contributed by atoms with Crippen LogP contribution >= 0.6 is 7.37 Å². The van der Waals surface area contributed by atoms with Gasteiger partial charge in [0.2, 0.25) is 0 Å². The van der Waals surface area contributed by atoms with Crippen molar-refractivity contribution in [3.05, 3.63) is 59.7 Å². The van der Waals surface area contributed by atoms with E-state index in [4.69, 9.17) is 4.52 Å². The number of hydrogen-bond acceptors (Lipinski definition) is 4. The molecule has 0 aromatic heterocycles. The van der Waals surface area contributed by atoms with E-state index in [1.54, 1.807) is 0 Å². The van der Waals surface area contributed by atoms with Gasteiger partial charge >= 0.3 is 0 Å². The normalized spacial score (nSPS) is 18.7. The highest BCUT2D eigenvalue weighted by molar-refractivity contribution is 7.67. The maximum atomic E-state index is 14.1. The van der Waals surface area contributed by atoms with E-state index in [2.05, 4.69) is 0 Å². The van der Waals surface area contributed by atoms with Crippen LogP contribution in [0.1, 0.15) is 49.1 Å². The number of benzene rings is 2. The Balaban J connectivity index is 1.96. The fourth-order valence-corrected chi connectivity index (χ4v) is 5.85. The first-order valence-electron chi connectivity index (χ1n) is 9.71. The van der Waals surface area contributed by atoms with E-state index in [0.717, 1.165) is 36.9 Å². The Morgan fingerprint density at radius 3 is 2.15 bits per heavy atom. The molecule has 1 saturated carbocycles. The molecule has 1 N–H and O–H groups in total. The van der Waals surface area contributed by atoms with Gasteiger partial charge in [0.1, 0.15) is 0 Å². The molecule has 3 rings (SSSR count). The maximum Gasteiger partial charge on any atom is 0.264 e. The minimum absolute atomic E-state index is 0.0572. The van der Waals surface area contributed by atoms with Gasteiger partial charge in [0, 0.05) is 25.1 Å². The minimum Gasteiger partial charge on any atom is -0.378 e. The van der Waals surface area contributed by atoms with Crippen molar-refractivity contribution in [3.63, 3.8) is 0 Å². The second-order valence-corrected chi connectivity index (χ2v) is 10.1. The van der Waals surface area contributed by atoms with E-state index in [0.29, 0.717) is 10.9 Å². The predicted octanol–water partition coefficient (Wildman–Crippen LogP) is 5.00. The molecule has 2 atom stereocenters. The first-order chi connectivity index (χ1) is 12.9. The highest BCUT2D eigenvalue weighted by atomic mass is 31.2. The average Bonchev–Trinajstić information content (AvgIpc) is 2.69. The summed E-state index contributed by atoms with van der Waals surface area (Å²) in [5.74, 6) is -1.16. The van der Waals surface area contributed by atoms with Crippen molar-refractivity contribution >= 4 is 18.4 Å². The number of aliphatic hydroxyl groups is 1. The fraction of sp³-hybridized carbons (Fsp3) is 0.455. The molecule has 0 heterocycles. The van der Waals surface area contributed by atoms with Crippen LogP contribution in [0.2, 0.25) is 0 Å². The molecule has 2 aromatic rings. The van der Waals surface area contributed by atoms with E-state index in [1.165, 1.54) is 6.42 Å². The van der Waals surface area contributed by atoms with Crippen molar-refractivity contribution in [2.24, 2.45) is 0 Å². The zero-order valence-corrected chi connectivity index (χ0v) is 17.4. The molecule has 1 aliphatic carbocycles. The van der Waals surface area contributed by atoms with E-state index >= 15 is 0 Å². The van der Waals surface area contributed by atoms with Crippen LogP contribution in [0.5, 0.6) is 0 Å². The Kier molecular flexibility index (Phi) is 6.41. The van der Waals surface area contributed by atoms with E-state index in [1.807, 2.05) is 74.4 Å². The van der Waals surface area contributed by atoms with Gasteiger partial charge in [-0.2, -0.15) is 0 Å². The van der Waals surface area contributed by atoms with Crippen molar-refractivity contribution in [1.82, 2.24) is 0 Å². The molecule has 0 unspecified atom stereocenters. The van der Waals surface area contributed by atoms with Crippen LogP contribution in [0.3, 0.4) is 0 Å². The van der Waals surface area contributed by atoms with E-state index in [-0.39, 0.29) is 6.10 Å². The zero-order chi connectivity index (χ0) is 19.4. The van der Waals surface area contributed by atoms with Gasteiger partial charge < -0.3 is 14.5 Å². The van der Waals surface area contributed by atoms with E-state index in [9.17, 15) is 9.67 Å². The number of aryl methyl sites for hydroxylation is 1. The van der Waals surface area contributed by atoms with Crippen LogP contribution in [0.4, 0.5) is 5.69 Å². The van der Waals surface area contributed by atoms with Gasteiger partial charge in [-0.15, -0.1) is 0 Å². The lowest BCUT2D eigenvalue weighted by Crippen LogP contribution is -2.22. The molecule has 1 aliphatic rings. The third kappa shape index (κ3) is 4.63. The molecule has 27 heavy (non-hydrogen) atoms. The molecule has 0 aliphatic heterocycles. The number of anilines is 1. The summed E-state index contributed by atoms with van der Waals surface area (Å²) in [6.45, 7) is 1.99. The molecule has 146 valence electrons. The van der Waals surface area contributed by atoms with Gasteiger partial charge in [-0.25, -0.2) is 0 Å². The number of hydrogen-bond donors (Lipinski definition) is 1. The molecule has 1 fully saturated rings. The average molecular weight is 387 g/mol. The first kappa shape index (κ1) is 20.1. The second kappa shape index (κ2) is 8.60. The van der Waals surface area contributed by atoms with E-state index < -0.39 is 13.2 Å². The predicted molar refractivity (Wildman–Crippen MR) is 112 cm³/mol. The van der Waals surface area contributed by atoms with Crippen LogP contribution in [0.15, 0.2) is 48.5 Å². The summed E-state index contributed by atoms with van der Waals surface area (Å²) in [4.78, 5) is 1.99. The SMILES string of the molecule is Cc1ccc([C@@H](O)[P@@](=O)(OC2CCCCC2)c2ccc(N(C)C)cc2)cc1. The second-order valence-electron chi connectivity index (χ2n) is 7.66. The zero-order valence-electron chi connectivity index (χ0n) is 16.5. The molecule has 0 saturated heterocycles. The topological polar surface area (TPSA) is 49.8 Å². The van der Waals surface area contributed by atoms with Crippen molar-refractivity contribution < 1.29 is 14.2 Å². The summed E-state index contributed by atoms with van der Waals surface area (Å²) >= 11 is 0. The number of rotatable bonds is 6.